The highest BCUT2D eigenvalue weighted by Crippen LogP contribution is 2.55. The van der Waals surface area contributed by atoms with Crippen LogP contribution in [0.25, 0.3) is 0 Å². The molecule has 1 amide bonds. The Labute approximate surface area is 118 Å². The number of rotatable bonds is 2. The number of hydrogen-bond donors (Lipinski definition) is 1. The quantitative estimate of drug-likeness (QED) is 0.877. The summed E-state index contributed by atoms with van der Waals surface area (Å²) in [6.45, 7) is 0. The summed E-state index contributed by atoms with van der Waals surface area (Å²) < 4.78 is 13.2. The molecule has 1 aromatic carbocycles. The molecule has 0 aromatic heterocycles. The van der Waals surface area contributed by atoms with Crippen LogP contribution in [0.15, 0.2) is 24.3 Å². The van der Waals surface area contributed by atoms with E-state index in [9.17, 15) is 9.18 Å². The Bertz CT molecular complexity index is 518. The van der Waals surface area contributed by atoms with Gasteiger partial charge in [0.15, 0.2) is 0 Å². The van der Waals surface area contributed by atoms with E-state index in [2.05, 4.69) is 5.32 Å². The third kappa shape index (κ3) is 2.04. The predicted octanol–water partition coefficient (Wildman–Crippen LogP) is 3.52. The lowest BCUT2D eigenvalue weighted by molar-refractivity contribution is -0.0167. The lowest BCUT2D eigenvalue weighted by Gasteiger charge is -2.56. The second kappa shape index (κ2) is 4.31. The summed E-state index contributed by atoms with van der Waals surface area (Å²) in [5, 5.41) is 3.26. The monoisotopic (exact) mass is 273 g/mol. The summed E-state index contributed by atoms with van der Waals surface area (Å²) in [5.41, 5.74) is 0.443. The molecule has 0 unspecified atom stereocenters. The van der Waals surface area contributed by atoms with Crippen molar-refractivity contribution in [2.75, 3.05) is 0 Å². The maximum Gasteiger partial charge on any atom is 0.251 e. The highest BCUT2D eigenvalue weighted by molar-refractivity contribution is 5.94. The van der Waals surface area contributed by atoms with E-state index < -0.39 is 0 Å². The first-order valence-corrected chi connectivity index (χ1v) is 7.70. The van der Waals surface area contributed by atoms with Crippen molar-refractivity contribution in [2.45, 2.75) is 44.1 Å². The normalized spacial score (nSPS) is 38.0. The average Bonchev–Trinajstić information content (AvgIpc) is 2.36. The highest BCUT2D eigenvalue weighted by atomic mass is 19.1. The molecular formula is C17H20FNO. The van der Waals surface area contributed by atoms with Gasteiger partial charge < -0.3 is 5.32 Å². The lowest BCUT2D eigenvalue weighted by Crippen LogP contribution is -2.59. The molecule has 4 aliphatic rings. The van der Waals surface area contributed by atoms with E-state index >= 15 is 0 Å². The molecule has 0 radical (unpaired) electrons. The van der Waals surface area contributed by atoms with Crippen LogP contribution in [0.2, 0.25) is 0 Å². The Morgan fingerprint density at radius 1 is 1.10 bits per heavy atom. The van der Waals surface area contributed by atoms with E-state index in [-0.39, 0.29) is 17.3 Å². The van der Waals surface area contributed by atoms with E-state index in [0.29, 0.717) is 5.56 Å². The van der Waals surface area contributed by atoms with Crippen LogP contribution in [-0.4, -0.2) is 11.4 Å². The summed E-state index contributed by atoms with van der Waals surface area (Å²) in [4.78, 5) is 12.4. The zero-order valence-corrected chi connectivity index (χ0v) is 11.6. The molecule has 4 fully saturated rings. The fourth-order valence-electron chi connectivity index (χ4n) is 5.21. The molecule has 1 N–H and O–H groups in total. The first-order chi connectivity index (χ1) is 9.62. The van der Waals surface area contributed by atoms with E-state index in [4.69, 9.17) is 0 Å². The van der Waals surface area contributed by atoms with Gasteiger partial charge in [-0.15, -0.1) is 0 Å². The van der Waals surface area contributed by atoms with Crippen LogP contribution in [0.4, 0.5) is 4.39 Å². The molecule has 0 atom stereocenters. The van der Waals surface area contributed by atoms with E-state index in [0.717, 1.165) is 37.0 Å². The third-order valence-corrected chi connectivity index (χ3v) is 5.50. The van der Waals surface area contributed by atoms with Crippen LogP contribution >= 0.6 is 0 Å². The molecular weight excluding hydrogens is 253 g/mol. The summed E-state index contributed by atoms with van der Waals surface area (Å²) in [6.07, 6.45) is 7.44. The van der Waals surface area contributed by atoms with Crippen molar-refractivity contribution in [2.24, 2.45) is 17.8 Å². The van der Waals surface area contributed by atoms with Gasteiger partial charge in [0, 0.05) is 11.1 Å². The van der Waals surface area contributed by atoms with Crippen LogP contribution in [0, 0.1) is 23.6 Å². The molecule has 0 heterocycles. The van der Waals surface area contributed by atoms with Gasteiger partial charge in [0.05, 0.1) is 0 Å². The van der Waals surface area contributed by atoms with Crippen LogP contribution in [0.5, 0.6) is 0 Å². The Kier molecular flexibility index (Phi) is 2.66. The largest absolute Gasteiger partial charge is 0.347 e. The zero-order chi connectivity index (χ0) is 13.7. The molecule has 0 saturated heterocycles. The van der Waals surface area contributed by atoms with Crippen LogP contribution < -0.4 is 5.32 Å². The van der Waals surface area contributed by atoms with Crippen molar-refractivity contribution in [1.29, 1.82) is 0 Å². The van der Waals surface area contributed by atoms with Crippen molar-refractivity contribution >= 4 is 5.91 Å². The average molecular weight is 273 g/mol. The van der Waals surface area contributed by atoms with E-state index in [1.807, 2.05) is 0 Å². The zero-order valence-electron chi connectivity index (χ0n) is 11.6. The van der Waals surface area contributed by atoms with Gasteiger partial charge in [0.1, 0.15) is 5.82 Å². The topological polar surface area (TPSA) is 29.1 Å². The molecule has 0 spiro atoms. The van der Waals surface area contributed by atoms with Gasteiger partial charge in [-0.3, -0.25) is 4.79 Å². The summed E-state index contributed by atoms with van der Waals surface area (Å²) in [6, 6.07) is 6.00. The fourth-order valence-corrected chi connectivity index (χ4v) is 5.21. The Hall–Kier alpha value is -1.38. The number of carbonyl (C=O) groups is 1. The third-order valence-electron chi connectivity index (χ3n) is 5.50. The molecule has 3 heteroatoms. The van der Waals surface area contributed by atoms with Crippen molar-refractivity contribution in [3.05, 3.63) is 35.6 Å². The predicted molar refractivity (Wildman–Crippen MR) is 74.8 cm³/mol. The molecule has 4 bridgehead atoms. The van der Waals surface area contributed by atoms with Gasteiger partial charge in [-0.1, -0.05) is 6.07 Å². The maximum atomic E-state index is 13.2. The van der Waals surface area contributed by atoms with Crippen molar-refractivity contribution in [3.63, 3.8) is 0 Å². The second-order valence-electron chi connectivity index (χ2n) is 7.16. The smallest absolute Gasteiger partial charge is 0.251 e. The second-order valence-corrected chi connectivity index (χ2v) is 7.16. The SMILES string of the molecule is O=C(NC12CC3CC(CC(C3)C1)C2)c1cccc(F)c1. The molecule has 106 valence electrons. The minimum absolute atomic E-state index is 0.00183. The molecule has 4 saturated carbocycles. The molecule has 2 nitrogen and oxygen atoms in total. The van der Waals surface area contributed by atoms with Gasteiger partial charge in [0.25, 0.3) is 5.91 Å². The Morgan fingerprint density at radius 2 is 1.70 bits per heavy atom. The summed E-state index contributed by atoms with van der Waals surface area (Å²) >= 11 is 0. The molecule has 20 heavy (non-hydrogen) atoms. The first kappa shape index (κ1) is 12.4. The maximum absolute atomic E-state index is 13.2. The lowest BCUT2D eigenvalue weighted by atomic mass is 9.53. The number of halogens is 1. The van der Waals surface area contributed by atoms with Gasteiger partial charge in [-0.25, -0.2) is 4.39 Å². The van der Waals surface area contributed by atoms with Crippen molar-refractivity contribution in [3.8, 4) is 0 Å². The number of carbonyl (C=O) groups excluding carboxylic acids is 1. The van der Waals surface area contributed by atoms with Gasteiger partial charge in [-0.05, 0) is 74.5 Å². The molecule has 0 aliphatic heterocycles. The van der Waals surface area contributed by atoms with Crippen LogP contribution in [0.3, 0.4) is 0 Å². The standard InChI is InChI=1S/C17H20FNO/c18-15-3-1-2-14(7-15)16(20)19-17-8-11-4-12(9-17)6-13(5-11)10-17/h1-3,7,11-13H,4-6,8-10H2,(H,19,20). The molecule has 4 aliphatic carbocycles. The first-order valence-electron chi connectivity index (χ1n) is 7.70. The summed E-state index contributed by atoms with van der Waals surface area (Å²) in [5.74, 6) is 1.95. The number of hydrogen-bond acceptors (Lipinski definition) is 1. The van der Waals surface area contributed by atoms with Crippen molar-refractivity contribution < 1.29 is 9.18 Å². The number of nitrogens with one attached hydrogen (secondary N) is 1. The van der Waals surface area contributed by atoms with Gasteiger partial charge in [0.2, 0.25) is 0 Å². The van der Waals surface area contributed by atoms with Gasteiger partial charge in [-0.2, -0.15) is 0 Å². The van der Waals surface area contributed by atoms with E-state index in [1.54, 1.807) is 12.1 Å². The Balaban J connectivity index is 1.55. The fraction of sp³-hybridized carbons (Fsp3) is 0.588. The van der Waals surface area contributed by atoms with E-state index in [1.165, 1.54) is 31.4 Å². The van der Waals surface area contributed by atoms with Gasteiger partial charge >= 0.3 is 0 Å². The Morgan fingerprint density at radius 3 is 2.25 bits per heavy atom. The van der Waals surface area contributed by atoms with Crippen LogP contribution in [0.1, 0.15) is 48.9 Å². The van der Waals surface area contributed by atoms with Crippen molar-refractivity contribution in [1.82, 2.24) is 5.32 Å². The number of amides is 1. The highest BCUT2D eigenvalue weighted by Gasteiger charge is 2.51. The minimum atomic E-state index is -0.344. The molecule has 1 aromatic rings. The van der Waals surface area contributed by atoms with Crippen LogP contribution in [-0.2, 0) is 0 Å². The summed E-state index contributed by atoms with van der Waals surface area (Å²) in [7, 11) is 0. The minimum Gasteiger partial charge on any atom is -0.347 e. The molecule has 5 rings (SSSR count). The number of benzene rings is 1.